The fraction of sp³-hybridized carbons (Fsp3) is 0.250. The summed E-state index contributed by atoms with van der Waals surface area (Å²) in [4.78, 5) is 14.3. The van der Waals surface area contributed by atoms with E-state index in [1.54, 1.807) is 24.3 Å². The van der Waals surface area contributed by atoms with Crippen LogP contribution >= 0.6 is 0 Å². The van der Waals surface area contributed by atoms with E-state index < -0.39 is 11.9 Å². The zero-order valence-corrected chi connectivity index (χ0v) is 12.9. The highest BCUT2D eigenvalue weighted by atomic mass is 19.4. The van der Waals surface area contributed by atoms with Crippen LogP contribution in [0, 0.1) is 0 Å². The van der Waals surface area contributed by atoms with Gasteiger partial charge in [0.1, 0.15) is 18.1 Å². The summed E-state index contributed by atoms with van der Waals surface area (Å²) in [5.41, 5.74) is 0.164. The molecule has 2 aromatic rings. The lowest BCUT2D eigenvalue weighted by molar-refractivity contribution is -0.141. The Morgan fingerprint density at radius 1 is 1.21 bits per heavy atom. The molecule has 0 saturated heterocycles. The van der Waals surface area contributed by atoms with Crippen molar-refractivity contribution < 1.29 is 22.7 Å². The quantitative estimate of drug-likeness (QED) is 0.790. The normalized spacial score (nSPS) is 11.0. The van der Waals surface area contributed by atoms with E-state index in [1.807, 2.05) is 0 Å². The van der Waals surface area contributed by atoms with Gasteiger partial charge in [-0.3, -0.25) is 4.79 Å². The number of alkyl halides is 3. The van der Waals surface area contributed by atoms with Crippen molar-refractivity contribution in [2.45, 2.75) is 13.1 Å². The monoisotopic (exact) mass is 339 g/mol. The Bertz CT molecular complexity index is 688. The molecule has 24 heavy (non-hydrogen) atoms. The molecule has 8 heteroatoms. The topological polar surface area (TPSA) is 63.2 Å². The maximum atomic E-state index is 12.4. The summed E-state index contributed by atoms with van der Waals surface area (Å²) in [6.07, 6.45) is -3.32. The first-order valence-electron chi connectivity index (χ1n) is 7.12. The molecule has 0 saturated carbocycles. The van der Waals surface area contributed by atoms with Gasteiger partial charge in [0.15, 0.2) is 0 Å². The Morgan fingerprint density at radius 2 is 2.00 bits per heavy atom. The number of rotatable bonds is 6. The third-order valence-electron chi connectivity index (χ3n) is 2.91. The van der Waals surface area contributed by atoms with Gasteiger partial charge in [-0.15, -0.1) is 0 Å². The number of pyridine rings is 1. The zero-order valence-electron chi connectivity index (χ0n) is 12.9. The highest BCUT2D eigenvalue weighted by Gasteiger charge is 2.31. The van der Waals surface area contributed by atoms with Crippen molar-refractivity contribution in [3.8, 4) is 5.75 Å². The van der Waals surface area contributed by atoms with E-state index in [-0.39, 0.29) is 5.91 Å². The van der Waals surface area contributed by atoms with E-state index in [0.29, 0.717) is 30.3 Å². The van der Waals surface area contributed by atoms with Gasteiger partial charge in [-0.1, -0.05) is 6.07 Å². The molecule has 0 aliphatic heterocycles. The van der Waals surface area contributed by atoms with Crippen molar-refractivity contribution in [3.63, 3.8) is 0 Å². The van der Waals surface area contributed by atoms with Crippen molar-refractivity contribution in [2.24, 2.45) is 0 Å². The molecular weight excluding hydrogens is 323 g/mol. The summed E-state index contributed by atoms with van der Waals surface area (Å²) in [6.45, 7) is 2.09. The maximum Gasteiger partial charge on any atom is 0.433 e. The van der Waals surface area contributed by atoms with E-state index in [4.69, 9.17) is 4.74 Å². The van der Waals surface area contributed by atoms with Gasteiger partial charge in [0.25, 0.3) is 0 Å². The highest BCUT2D eigenvalue weighted by Crippen LogP contribution is 2.27. The number of aromatic nitrogens is 1. The molecule has 0 spiro atoms. The molecular formula is C16H16F3N3O2. The number of hydrogen-bond donors (Lipinski definition) is 2. The number of nitrogens with one attached hydrogen (secondary N) is 2. The van der Waals surface area contributed by atoms with Crippen molar-refractivity contribution >= 4 is 17.3 Å². The second-order valence-electron chi connectivity index (χ2n) is 4.91. The molecule has 0 aliphatic carbocycles. The highest BCUT2D eigenvalue weighted by molar-refractivity contribution is 5.88. The molecule has 5 nitrogen and oxygen atoms in total. The van der Waals surface area contributed by atoms with Crippen LogP contribution in [0.3, 0.4) is 0 Å². The molecule has 0 fully saturated rings. The van der Waals surface area contributed by atoms with Gasteiger partial charge in [-0.25, -0.2) is 4.98 Å². The number of nitrogens with zero attached hydrogens (tertiary/aromatic N) is 1. The lowest BCUT2D eigenvalue weighted by Crippen LogP contribution is -2.13. The maximum absolute atomic E-state index is 12.4. The molecule has 0 bridgehead atoms. The zero-order chi connectivity index (χ0) is 17.6. The van der Waals surface area contributed by atoms with Gasteiger partial charge >= 0.3 is 6.18 Å². The van der Waals surface area contributed by atoms with Crippen molar-refractivity contribution in [3.05, 3.63) is 48.3 Å². The number of ether oxygens (including phenoxy) is 1. The Balaban J connectivity index is 1.79. The second-order valence-corrected chi connectivity index (χ2v) is 4.91. The Labute approximate surface area is 136 Å². The molecule has 1 heterocycles. The van der Waals surface area contributed by atoms with Crippen LogP contribution in [0.25, 0.3) is 0 Å². The molecule has 2 rings (SSSR count). The lowest BCUT2D eigenvalue weighted by atomic mass is 10.3. The predicted molar refractivity (Wildman–Crippen MR) is 84.0 cm³/mol. The Morgan fingerprint density at radius 3 is 2.62 bits per heavy atom. The number of anilines is 2. The predicted octanol–water partition coefficient (Wildman–Crippen LogP) is 3.55. The van der Waals surface area contributed by atoms with Crippen molar-refractivity contribution in [2.75, 3.05) is 23.8 Å². The van der Waals surface area contributed by atoms with Gasteiger partial charge in [0.2, 0.25) is 5.91 Å². The largest absolute Gasteiger partial charge is 0.492 e. The molecule has 0 atom stereocenters. The number of carbonyl (C=O) groups is 1. The third kappa shape index (κ3) is 5.45. The molecule has 128 valence electrons. The first-order valence-corrected chi connectivity index (χ1v) is 7.12. The van der Waals surface area contributed by atoms with Crippen LogP contribution in [0.5, 0.6) is 5.75 Å². The summed E-state index contributed by atoms with van der Waals surface area (Å²) < 4.78 is 42.7. The molecule has 0 unspecified atom stereocenters. The molecule has 2 N–H and O–H groups in total. The van der Waals surface area contributed by atoms with E-state index >= 15 is 0 Å². The first-order chi connectivity index (χ1) is 11.3. The summed E-state index contributed by atoms with van der Waals surface area (Å²) in [7, 11) is 0. The summed E-state index contributed by atoms with van der Waals surface area (Å²) in [5.74, 6) is 0.400. The summed E-state index contributed by atoms with van der Waals surface area (Å²) in [5, 5.41) is 5.56. The molecule has 0 radical (unpaired) electrons. The number of carbonyl (C=O) groups excluding carboxylic acids is 1. The van der Waals surface area contributed by atoms with E-state index in [0.717, 1.165) is 12.3 Å². The van der Waals surface area contributed by atoms with Crippen LogP contribution in [0.1, 0.15) is 12.6 Å². The molecule has 1 aromatic carbocycles. The van der Waals surface area contributed by atoms with E-state index in [2.05, 4.69) is 15.6 Å². The third-order valence-corrected chi connectivity index (χ3v) is 2.91. The lowest BCUT2D eigenvalue weighted by Gasteiger charge is -2.10. The first kappa shape index (κ1) is 17.6. The van der Waals surface area contributed by atoms with Crippen LogP contribution in [0.4, 0.5) is 24.5 Å². The van der Waals surface area contributed by atoms with E-state index in [1.165, 1.54) is 13.0 Å². The van der Waals surface area contributed by atoms with Crippen LogP contribution in [0.15, 0.2) is 42.6 Å². The number of amides is 1. The SMILES string of the molecule is CC(=O)Nc1cccc(OCCNc2ccc(C(F)(F)F)nc2)c1. The van der Waals surface area contributed by atoms with E-state index in [9.17, 15) is 18.0 Å². The fourth-order valence-electron chi connectivity index (χ4n) is 1.90. The van der Waals surface area contributed by atoms with Crippen molar-refractivity contribution in [1.29, 1.82) is 0 Å². The van der Waals surface area contributed by atoms with Gasteiger partial charge in [-0.05, 0) is 24.3 Å². The Kier molecular flexibility index (Phi) is 5.62. The van der Waals surface area contributed by atoms with Crippen LogP contribution in [-0.2, 0) is 11.0 Å². The minimum absolute atomic E-state index is 0.177. The van der Waals surface area contributed by atoms with Gasteiger partial charge in [-0.2, -0.15) is 13.2 Å². The second kappa shape index (κ2) is 7.67. The Hall–Kier alpha value is -2.77. The average molecular weight is 339 g/mol. The van der Waals surface area contributed by atoms with Crippen LogP contribution in [-0.4, -0.2) is 24.0 Å². The fourth-order valence-corrected chi connectivity index (χ4v) is 1.90. The smallest absolute Gasteiger partial charge is 0.433 e. The minimum Gasteiger partial charge on any atom is -0.492 e. The van der Waals surface area contributed by atoms with Crippen LogP contribution < -0.4 is 15.4 Å². The standard InChI is InChI=1S/C16H16F3N3O2/c1-11(23)22-12-3-2-4-14(9-12)24-8-7-20-13-5-6-15(21-10-13)16(17,18)19/h2-6,9-10,20H,7-8H2,1H3,(H,22,23). The molecule has 0 aliphatic rings. The number of hydrogen-bond acceptors (Lipinski definition) is 4. The van der Waals surface area contributed by atoms with Gasteiger partial charge in [0.05, 0.1) is 11.9 Å². The van der Waals surface area contributed by atoms with Crippen LogP contribution in [0.2, 0.25) is 0 Å². The van der Waals surface area contributed by atoms with Gasteiger partial charge < -0.3 is 15.4 Å². The summed E-state index contributed by atoms with van der Waals surface area (Å²) in [6, 6.07) is 9.13. The van der Waals surface area contributed by atoms with Gasteiger partial charge in [0, 0.05) is 25.2 Å². The molecule has 1 amide bonds. The molecule has 1 aromatic heterocycles. The average Bonchev–Trinajstić information content (AvgIpc) is 2.51. The minimum atomic E-state index is -4.44. The number of benzene rings is 1. The van der Waals surface area contributed by atoms with Crippen molar-refractivity contribution in [1.82, 2.24) is 4.98 Å². The number of halogens is 3. The summed E-state index contributed by atoms with van der Waals surface area (Å²) >= 11 is 0.